The van der Waals surface area contributed by atoms with Crippen molar-refractivity contribution in [2.24, 2.45) is 5.92 Å². The molecule has 3 aromatic rings. The number of nitrogens with one attached hydrogen (secondary N) is 2. The van der Waals surface area contributed by atoms with Crippen LogP contribution in [0, 0.1) is 5.92 Å². The number of aromatic amines is 1. The van der Waals surface area contributed by atoms with Gasteiger partial charge in [0.2, 0.25) is 5.91 Å². The second kappa shape index (κ2) is 7.69. The van der Waals surface area contributed by atoms with Crippen LogP contribution in [0.5, 0.6) is 0 Å². The molecule has 0 radical (unpaired) electrons. The van der Waals surface area contributed by atoms with Crippen LogP contribution in [-0.2, 0) is 4.79 Å². The molecule has 2 N–H and O–H groups in total. The monoisotopic (exact) mass is 409 g/mol. The normalized spacial score (nSPS) is 18.0. The summed E-state index contributed by atoms with van der Waals surface area (Å²) in [6, 6.07) is 14.1. The Morgan fingerprint density at radius 1 is 1.07 bits per heavy atom. The van der Waals surface area contributed by atoms with Crippen LogP contribution in [0.1, 0.15) is 6.42 Å². The van der Waals surface area contributed by atoms with Gasteiger partial charge >= 0.3 is 0 Å². The molecule has 1 aromatic heterocycles. The third-order valence-electron chi connectivity index (χ3n) is 5.90. The maximum absolute atomic E-state index is 12.6. The highest BCUT2D eigenvalue weighted by Gasteiger charge is 2.30. The van der Waals surface area contributed by atoms with Crippen molar-refractivity contribution in [2.75, 3.05) is 44.2 Å². The van der Waals surface area contributed by atoms with Gasteiger partial charge < -0.3 is 20.1 Å². The molecule has 2 aliphatic rings. The summed E-state index contributed by atoms with van der Waals surface area (Å²) in [5, 5.41) is 3.87. The molecule has 0 aliphatic carbocycles. The van der Waals surface area contributed by atoms with Gasteiger partial charge in [0.25, 0.3) is 0 Å². The maximum atomic E-state index is 12.6. The van der Waals surface area contributed by atoms with Gasteiger partial charge in [0.1, 0.15) is 5.82 Å². The topological polar surface area (TPSA) is 64.3 Å². The van der Waals surface area contributed by atoms with Gasteiger partial charge in [0, 0.05) is 50.5 Å². The third-order valence-corrected chi connectivity index (χ3v) is 6.23. The van der Waals surface area contributed by atoms with E-state index in [1.165, 1.54) is 0 Å². The fraction of sp³-hybridized carbons (Fsp3) is 0.364. The van der Waals surface area contributed by atoms with E-state index in [0.717, 1.165) is 73.8 Å². The number of hydrogen-bond acceptors (Lipinski definition) is 4. The van der Waals surface area contributed by atoms with Gasteiger partial charge in [-0.1, -0.05) is 23.7 Å². The molecule has 2 saturated heterocycles. The number of carbonyl (C=O) groups excluding carboxylic acids is 1. The predicted molar refractivity (Wildman–Crippen MR) is 116 cm³/mol. The number of amides is 1. The van der Waals surface area contributed by atoms with Crippen LogP contribution in [0.25, 0.3) is 22.4 Å². The summed E-state index contributed by atoms with van der Waals surface area (Å²) in [7, 11) is 0. The first kappa shape index (κ1) is 18.5. The van der Waals surface area contributed by atoms with Crippen molar-refractivity contribution in [1.29, 1.82) is 0 Å². The Morgan fingerprint density at radius 3 is 2.72 bits per heavy atom. The number of anilines is 1. The van der Waals surface area contributed by atoms with Crippen LogP contribution >= 0.6 is 11.6 Å². The molecule has 7 heteroatoms. The fourth-order valence-corrected chi connectivity index (χ4v) is 4.30. The Bertz CT molecular complexity index is 1010. The molecule has 150 valence electrons. The summed E-state index contributed by atoms with van der Waals surface area (Å²) in [5.41, 5.74) is 3.94. The number of rotatable bonds is 3. The van der Waals surface area contributed by atoms with Gasteiger partial charge in [-0.15, -0.1) is 0 Å². The van der Waals surface area contributed by atoms with Crippen molar-refractivity contribution in [3.05, 3.63) is 47.5 Å². The van der Waals surface area contributed by atoms with Crippen molar-refractivity contribution in [3.63, 3.8) is 0 Å². The highest BCUT2D eigenvalue weighted by atomic mass is 35.5. The second-order valence-electron chi connectivity index (χ2n) is 7.79. The van der Waals surface area contributed by atoms with Gasteiger partial charge in [-0.05, 0) is 36.8 Å². The van der Waals surface area contributed by atoms with Crippen molar-refractivity contribution < 1.29 is 4.79 Å². The lowest BCUT2D eigenvalue weighted by atomic mass is 10.0. The Kier molecular flexibility index (Phi) is 4.89. The van der Waals surface area contributed by atoms with Crippen molar-refractivity contribution >= 4 is 34.2 Å². The summed E-state index contributed by atoms with van der Waals surface area (Å²) in [6.45, 7) is 4.98. The zero-order valence-electron chi connectivity index (χ0n) is 16.2. The van der Waals surface area contributed by atoms with Gasteiger partial charge in [-0.3, -0.25) is 4.79 Å². The number of H-pyrrole nitrogens is 1. The molecule has 2 aliphatic heterocycles. The lowest BCUT2D eigenvalue weighted by molar-refractivity contribution is -0.136. The smallest absolute Gasteiger partial charge is 0.228 e. The van der Waals surface area contributed by atoms with Crippen LogP contribution in [0.3, 0.4) is 0 Å². The lowest BCUT2D eigenvalue weighted by Gasteiger charge is -2.32. The lowest BCUT2D eigenvalue weighted by Crippen LogP contribution is -2.52. The first-order chi connectivity index (χ1) is 14.2. The summed E-state index contributed by atoms with van der Waals surface area (Å²) >= 11 is 6.51. The van der Waals surface area contributed by atoms with Crippen molar-refractivity contribution in [3.8, 4) is 11.4 Å². The van der Waals surface area contributed by atoms with E-state index in [1.807, 2.05) is 35.2 Å². The van der Waals surface area contributed by atoms with Gasteiger partial charge in [-0.25, -0.2) is 4.98 Å². The van der Waals surface area contributed by atoms with Gasteiger partial charge in [0.15, 0.2) is 0 Å². The van der Waals surface area contributed by atoms with E-state index in [9.17, 15) is 4.79 Å². The number of benzene rings is 2. The molecule has 0 unspecified atom stereocenters. The molecule has 2 aromatic carbocycles. The maximum Gasteiger partial charge on any atom is 0.228 e. The van der Waals surface area contributed by atoms with E-state index in [1.54, 1.807) is 0 Å². The SMILES string of the molecule is O=C(C1CNC1)N1CCCN(c2ccc(Cl)c(-c3nc4ccccc4[nH]3)c2)CC1. The van der Waals surface area contributed by atoms with E-state index in [4.69, 9.17) is 16.6 Å². The quantitative estimate of drug-likeness (QED) is 0.697. The minimum Gasteiger partial charge on any atom is -0.370 e. The van der Waals surface area contributed by atoms with Crippen molar-refractivity contribution in [1.82, 2.24) is 20.2 Å². The van der Waals surface area contributed by atoms with Crippen LogP contribution in [0.15, 0.2) is 42.5 Å². The number of imidazole rings is 1. The zero-order chi connectivity index (χ0) is 19.8. The number of carbonyl (C=O) groups is 1. The summed E-state index contributed by atoms with van der Waals surface area (Å²) in [6.07, 6.45) is 0.967. The Labute approximate surface area is 174 Å². The molecule has 0 saturated carbocycles. The average molecular weight is 410 g/mol. The fourth-order valence-electron chi connectivity index (χ4n) is 4.09. The minimum absolute atomic E-state index is 0.164. The number of para-hydroxylation sites is 2. The molecular formula is C22H24ClN5O. The molecule has 0 spiro atoms. The Balaban J connectivity index is 1.37. The second-order valence-corrected chi connectivity index (χ2v) is 8.19. The van der Waals surface area contributed by atoms with E-state index >= 15 is 0 Å². The number of fused-ring (bicyclic) bond motifs is 1. The molecule has 0 bridgehead atoms. The highest BCUT2D eigenvalue weighted by molar-refractivity contribution is 6.33. The number of aromatic nitrogens is 2. The van der Waals surface area contributed by atoms with Crippen LogP contribution < -0.4 is 10.2 Å². The van der Waals surface area contributed by atoms with Crippen LogP contribution in [0.2, 0.25) is 5.02 Å². The van der Waals surface area contributed by atoms with Crippen LogP contribution in [0.4, 0.5) is 5.69 Å². The zero-order valence-corrected chi connectivity index (χ0v) is 17.0. The predicted octanol–water partition coefficient (Wildman–Crippen LogP) is 3.14. The molecule has 2 fully saturated rings. The largest absolute Gasteiger partial charge is 0.370 e. The minimum atomic E-state index is 0.164. The highest BCUT2D eigenvalue weighted by Crippen LogP contribution is 2.32. The Morgan fingerprint density at radius 2 is 1.93 bits per heavy atom. The standard InChI is InChI=1S/C22H24ClN5O/c23-18-7-6-16(12-17(18)21-25-19-4-1-2-5-20(19)26-21)27-8-3-9-28(11-10-27)22(29)15-13-24-14-15/h1-2,4-7,12,15,24H,3,8-11,13-14H2,(H,25,26). The van der Waals surface area contributed by atoms with E-state index < -0.39 is 0 Å². The molecular weight excluding hydrogens is 386 g/mol. The van der Waals surface area contributed by atoms with E-state index in [2.05, 4.69) is 27.3 Å². The van der Waals surface area contributed by atoms with Gasteiger partial charge in [-0.2, -0.15) is 0 Å². The first-order valence-corrected chi connectivity index (χ1v) is 10.6. The number of hydrogen-bond donors (Lipinski definition) is 2. The molecule has 1 amide bonds. The third kappa shape index (κ3) is 3.58. The van der Waals surface area contributed by atoms with Crippen LogP contribution in [-0.4, -0.2) is 60.0 Å². The molecule has 3 heterocycles. The summed E-state index contributed by atoms with van der Waals surface area (Å²) in [5.74, 6) is 1.24. The molecule has 29 heavy (non-hydrogen) atoms. The molecule has 6 nitrogen and oxygen atoms in total. The average Bonchev–Trinajstić information content (AvgIpc) is 2.96. The molecule has 5 rings (SSSR count). The first-order valence-electron chi connectivity index (χ1n) is 10.2. The number of nitrogens with zero attached hydrogens (tertiary/aromatic N) is 3. The van der Waals surface area contributed by atoms with E-state index in [0.29, 0.717) is 10.9 Å². The van der Waals surface area contributed by atoms with Gasteiger partial charge in [0.05, 0.1) is 22.0 Å². The molecule has 0 atom stereocenters. The summed E-state index contributed by atoms with van der Waals surface area (Å²) < 4.78 is 0. The Hall–Kier alpha value is -2.57. The number of halogens is 1. The summed E-state index contributed by atoms with van der Waals surface area (Å²) in [4.78, 5) is 25.0. The van der Waals surface area contributed by atoms with Crippen molar-refractivity contribution in [2.45, 2.75) is 6.42 Å². The van der Waals surface area contributed by atoms with E-state index in [-0.39, 0.29) is 5.92 Å².